The number of carbonyl (C=O) groups excluding carboxylic acids is 1. The van der Waals surface area contributed by atoms with E-state index in [9.17, 15) is 27.1 Å². The van der Waals surface area contributed by atoms with Gasteiger partial charge in [-0.2, -0.15) is 5.10 Å². The number of hydrogen-bond acceptors (Lipinski definition) is 9. The summed E-state index contributed by atoms with van der Waals surface area (Å²) >= 11 is 0. The fourth-order valence-corrected chi connectivity index (χ4v) is 6.98. The lowest BCUT2D eigenvalue weighted by molar-refractivity contribution is -0.341. The molecule has 7 rings (SSSR count). The minimum absolute atomic E-state index is 0.0654. The molecule has 1 atom stereocenters. The Hall–Kier alpha value is -4.73. The van der Waals surface area contributed by atoms with Crippen molar-refractivity contribution in [3.63, 3.8) is 0 Å². The summed E-state index contributed by atoms with van der Waals surface area (Å²) < 4.78 is 85.2. The van der Waals surface area contributed by atoms with Gasteiger partial charge >= 0.3 is 6.29 Å². The summed E-state index contributed by atoms with van der Waals surface area (Å²) in [5, 5.41) is 17.1. The Morgan fingerprint density at radius 2 is 1.92 bits per heavy atom. The Bertz CT molecular complexity index is 2180. The Kier molecular flexibility index (Phi) is 8.03. The number of aliphatic hydroxyl groups excluding tert-OH is 1. The number of halogens is 3. The van der Waals surface area contributed by atoms with Gasteiger partial charge in [-0.1, -0.05) is 18.2 Å². The number of benzene rings is 2. The molecule has 0 spiro atoms. The molecule has 2 fully saturated rings. The third kappa shape index (κ3) is 6.40. The molecular formula is C34H31F3N4O7S. The first-order valence-corrected chi connectivity index (χ1v) is 17.3. The Labute approximate surface area is 279 Å². The van der Waals surface area contributed by atoms with Gasteiger partial charge < -0.3 is 19.6 Å². The molecule has 1 aliphatic heterocycles. The van der Waals surface area contributed by atoms with E-state index in [1.54, 1.807) is 44.3 Å². The van der Waals surface area contributed by atoms with Gasteiger partial charge in [-0.25, -0.2) is 17.8 Å². The molecule has 15 heteroatoms. The second-order valence-electron chi connectivity index (χ2n) is 12.3. The number of sulfone groups is 1. The van der Waals surface area contributed by atoms with Gasteiger partial charge in [0.05, 0.1) is 17.2 Å². The topological polar surface area (TPSA) is 146 Å². The summed E-state index contributed by atoms with van der Waals surface area (Å²) in [4.78, 5) is 17.2. The number of aromatic nitrogens is 3. The Morgan fingerprint density at radius 3 is 2.63 bits per heavy atom. The van der Waals surface area contributed by atoms with Crippen LogP contribution in [0.15, 0.2) is 63.6 Å². The van der Waals surface area contributed by atoms with Gasteiger partial charge in [-0.3, -0.25) is 14.2 Å². The fraction of sp³-hybridized carbons (Fsp3) is 0.324. The molecule has 2 N–H and O–H groups in total. The number of allylic oxidation sites excluding steroid dienone is 2. The molecule has 1 amide bonds. The van der Waals surface area contributed by atoms with Crippen LogP contribution >= 0.6 is 0 Å². The van der Waals surface area contributed by atoms with Crippen LogP contribution in [0.5, 0.6) is 0 Å². The Balaban J connectivity index is 1.39. The van der Waals surface area contributed by atoms with Crippen LogP contribution in [0.4, 0.5) is 13.2 Å². The predicted octanol–water partition coefficient (Wildman–Crippen LogP) is 5.53. The number of alkyl halides is 2. The van der Waals surface area contributed by atoms with E-state index >= 15 is 4.39 Å². The minimum atomic E-state index is -3.93. The largest absolute Gasteiger partial charge is 0.535 e. The number of nitrogens with zero attached hydrogens (tertiary/aromatic N) is 3. The lowest BCUT2D eigenvalue weighted by atomic mass is 9.92. The first kappa shape index (κ1) is 32.8. The molecule has 1 saturated carbocycles. The normalized spacial score (nSPS) is 18.5. The zero-order valence-corrected chi connectivity index (χ0v) is 27.4. The average molecular weight is 697 g/mol. The standard InChI is InChI=1S/C34H31F3N4O7S/c1-17-39-31(20-7-9-28-29(12-20)48-34(36,37)47-28)32(46-17)23-10-19(21-11-25(35)24(16-42)30(13-21)49(3,44)45)6-8-22(23)27-14-26(40-41(27)2)33(43)38-15-18-4-5-18/h6-8,10-14,18,28,42H,4-5,9,15-16H2,1-3H3,(H,38,43). The van der Waals surface area contributed by atoms with Crippen LogP contribution in [0.2, 0.25) is 0 Å². The van der Waals surface area contributed by atoms with E-state index in [1.807, 2.05) is 0 Å². The van der Waals surface area contributed by atoms with Crippen LogP contribution in [0.3, 0.4) is 0 Å². The molecule has 2 aromatic carbocycles. The fourth-order valence-electron chi connectivity index (χ4n) is 6.03. The van der Waals surface area contributed by atoms with Crippen molar-refractivity contribution in [3.05, 3.63) is 83.0 Å². The van der Waals surface area contributed by atoms with Crippen LogP contribution in [0, 0.1) is 18.7 Å². The number of hydrogen-bond donors (Lipinski definition) is 2. The number of aryl methyl sites for hydroxylation is 2. The van der Waals surface area contributed by atoms with Gasteiger partial charge in [0.25, 0.3) is 5.91 Å². The highest BCUT2D eigenvalue weighted by molar-refractivity contribution is 7.90. The molecule has 3 aliphatic rings. The molecule has 1 unspecified atom stereocenters. The lowest BCUT2D eigenvalue weighted by Gasteiger charge is -2.15. The Morgan fingerprint density at radius 1 is 1.14 bits per heavy atom. The number of fused-ring (bicyclic) bond motifs is 1. The number of rotatable bonds is 9. The zero-order valence-electron chi connectivity index (χ0n) is 26.6. The quantitative estimate of drug-likeness (QED) is 0.231. The first-order valence-electron chi connectivity index (χ1n) is 15.5. The minimum Gasteiger partial charge on any atom is -0.440 e. The maximum absolute atomic E-state index is 15.2. The maximum Gasteiger partial charge on any atom is 0.535 e. The van der Waals surface area contributed by atoms with E-state index in [1.165, 1.54) is 16.8 Å². The third-order valence-corrected chi connectivity index (χ3v) is 9.80. The summed E-state index contributed by atoms with van der Waals surface area (Å²) in [6.45, 7) is 1.36. The van der Waals surface area contributed by atoms with Crippen LogP contribution in [0.25, 0.3) is 39.3 Å². The van der Waals surface area contributed by atoms with Crippen molar-refractivity contribution in [1.29, 1.82) is 0 Å². The van der Waals surface area contributed by atoms with Gasteiger partial charge in [0.1, 0.15) is 23.4 Å². The summed E-state index contributed by atoms with van der Waals surface area (Å²) in [7, 11) is -2.26. The number of ether oxygens (including phenoxy) is 2. The molecule has 3 heterocycles. The number of nitrogens with one attached hydrogen (secondary N) is 1. The van der Waals surface area contributed by atoms with Gasteiger partial charge in [-0.05, 0) is 60.2 Å². The van der Waals surface area contributed by atoms with E-state index < -0.39 is 34.7 Å². The number of carbonyl (C=O) groups is 1. The van der Waals surface area contributed by atoms with Crippen LogP contribution in [-0.2, 0) is 33.0 Å². The van der Waals surface area contributed by atoms with E-state index in [2.05, 4.69) is 20.1 Å². The smallest absolute Gasteiger partial charge is 0.440 e. The van der Waals surface area contributed by atoms with E-state index in [0.717, 1.165) is 25.2 Å². The molecular weight excluding hydrogens is 665 g/mol. The molecule has 49 heavy (non-hydrogen) atoms. The van der Waals surface area contributed by atoms with E-state index in [4.69, 9.17) is 9.15 Å². The molecule has 4 aromatic rings. The van der Waals surface area contributed by atoms with Crippen LogP contribution < -0.4 is 5.32 Å². The molecule has 11 nitrogen and oxygen atoms in total. The van der Waals surface area contributed by atoms with Crippen molar-refractivity contribution in [2.45, 2.75) is 50.1 Å². The van der Waals surface area contributed by atoms with Gasteiger partial charge in [-0.15, -0.1) is 8.78 Å². The number of amides is 1. The van der Waals surface area contributed by atoms with E-state index in [-0.39, 0.29) is 51.5 Å². The van der Waals surface area contributed by atoms with Crippen molar-refractivity contribution >= 4 is 21.3 Å². The SMILES string of the molecule is Cc1nc(C2=CCC3OC(F)(F)OC3=C2)c(-c2cc(-c3cc(F)c(CO)c(S(C)(=O)=O)c3)ccc2-c2cc(C(=O)NCC3CC3)nn2C)o1. The van der Waals surface area contributed by atoms with Gasteiger partial charge in [0.15, 0.2) is 27.2 Å². The number of oxazole rings is 1. The summed E-state index contributed by atoms with van der Waals surface area (Å²) in [6.07, 6.45) is 1.50. The van der Waals surface area contributed by atoms with Gasteiger partial charge in [0, 0.05) is 55.5 Å². The van der Waals surface area contributed by atoms with Crippen molar-refractivity contribution in [1.82, 2.24) is 20.1 Å². The van der Waals surface area contributed by atoms with Crippen molar-refractivity contribution in [2.75, 3.05) is 12.8 Å². The molecule has 0 radical (unpaired) electrons. The zero-order chi connectivity index (χ0) is 34.8. The molecule has 2 aliphatic carbocycles. The van der Waals surface area contributed by atoms with Crippen molar-refractivity contribution in [2.24, 2.45) is 13.0 Å². The summed E-state index contributed by atoms with van der Waals surface area (Å²) in [5.41, 5.74) is 2.60. The maximum atomic E-state index is 15.2. The second kappa shape index (κ2) is 12.0. The molecule has 2 aromatic heterocycles. The lowest BCUT2D eigenvalue weighted by Crippen LogP contribution is -2.25. The molecule has 256 valence electrons. The molecule has 1 saturated heterocycles. The van der Waals surface area contributed by atoms with Crippen LogP contribution in [0.1, 0.15) is 46.9 Å². The van der Waals surface area contributed by atoms with Gasteiger partial charge in [0.2, 0.25) is 0 Å². The highest BCUT2D eigenvalue weighted by Gasteiger charge is 2.48. The summed E-state index contributed by atoms with van der Waals surface area (Å²) in [6, 6.07) is 9.04. The molecule has 0 bridgehead atoms. The van der Waals surface area contributed by atoms with E-state index in [0.29, 0.717) is 46.1 Å². The van der Waals surface area contributed by atoms with Crippen molar-refractivity contribution < 1.29 is 45.4 Å². The monoisotopic (exact) mass is 696 g/mol. The average Bonchev–Trinajstić information content (AvgIpc) is 3.54. The highest BCUT2D eigenvalue weighted by Crippen LogP contribution is 2.44. The number of aliphatic hydroxyl groups is 1. The summed E-state index contributed by atoms with van der Waals surface area (Å²) in [5.74, 6) is -0.368. The third-order valence-electron chi connectivity index (χ3n) is 8.64. The van der Waals surface area contributed by atoms with Crippen molar-refractivity contribution in [3.8, 4) is 33.7 Å². The highest BCUT2D eigenvalue weighted by atomic mass is 32.2. The van der Waals surface area contributed by atoms with Crippen LogP contribution in [-0.4, -0.2) is 59.4 Å². The first-order chi connectivity index (χ1) is 23.2. The predicted molar refractivity (Wildman–Crippen MR) is 170 cm³/mol. The second-order valence-corrected chi connectivity index (χ2v) is 14.3.